The summed E-state index contributed by atoms with van der Waals surface area (Å²) >= 11 is 5.57. The van der Waals surface area contributed by atoms with Crippen LogP contribution in [0.1, 0.15) is 6.42 Å². The minimum atomic E-state index is -1.42. The fraction of sp³-hybridized carbons (Fsp3) is 0.188. The number of aromatic nitrogens is 5. The number of tetrazole rings is 1. The molecule has 0 spiro atoms. The number of hydrogen-bond donors (Lipinski definition) is 2. The van der Waals surface area contributed by atoms with Crippen LogP contribution in [-0.4, -0.2) is 42.3 Å². The first-order chi connectivity index (χ1) is 13.7. The fourth-order valence-corrected chi connectivity index (χ4v) is 2.44. The van der Waals surface area contributed by atoms with Crippen molar-refractivity contribution in [1.82, 2.24) is 25.2 Å². The molecule has 1 atom stereocenters. The minimum Gasteiger partial charge on any atom is -0.481 e. The number of aliphatic carboxylic acids is 1. The molecular weight excluding hydrogens is 452 g/mol. The Kier molecular flexibility index (Phi) is 7.54. The molecular formula is C16H13Cl2F3N6O3. The van der Waals surface area contributed by atoms with E-state index in [1.807, 2.05) is 0 Å². The van der Waals surface area contributed by atoms with Crippen LogP contribution in [0.25, 0.3) is 11.4 Å². The Labute approximate surface area is 178 Å². The second kappa shape index (κ2) is 9.69. The molecule has 3 rings (SSSR count). The number of benzene rings is 1. The molecule has 160 valence electrons. The third-order valence-corrected chi connectivity index (χ3v) is 3.76. The number of ether oxygens (including phenoxy) is 1. The second-order valence-corrected chi connectivity index (χ2v) is 6.24. The molecule has 2 aromatic heterocycles. The van der Waals surface area contributed by atoms with Crippen molar-refractivity contribution < 1.29 is 27.8 Å². The lowest BCUT2D eigenvalue weighted by molar-refractivity contribution is -0.137. The van der Waals surface area contributed by atoms with Crippen LogP contribution >= 0.6 is 24.0 Å². The van der Waals surface area contributed by atoms with Gasteiger partial charge in [0, 0.05) is 12.2 Å². The molecule has 30 heavy (non-hydrogen) atoms. The van der Waals surface area contributed by atoms with Crippen molar-refractivity contribution in [2.75, 3.05) is 0 Å². The maximum atomic E-state index is 14.4. The summed E-state index contributed by atoms with van der Waals surface area (Å²) in [6, 6.07) is 2.26. The Balaban J connectivity index is 0.00000320. The van der Waals surface area contributed by atoms with Crippen LogP contribution in [0.2, 0.25) is 5.02 Å². The van der Waals surface area contributed by atoms with E-state index in [0.29, 0.717) is 0 Å². The van der Waals surface area contributed by atoms with Crippen molar-refractivity contribution in [3.63, 3.8) is 0 Å². The molecule has 2 heterocycles. The van der Waals surface area contributed by atoms with Gasteiger partial charge in [0.15, 0.2) is 17.4 Å². The number of halogens is 5. The van der Waals surface area contributed by atoms with Crippen LogP contribution in [0.3, 0.4) is 0 Å². The van der Waals surface area contributed by atoms with E-state index in [-0.39, 0.29) is 41.8 Å². The number of nitrogens with two attached hydrogens (primary N) is 1. The third-order valence-electron chi connectivity index (χ3n) is 3.56. The average Bonchev–Trinajstić information content (AvgIpc) is 3.08. The van der Waals surface area contributed by atoms with Crippen molar-refractivity contribution in [2.24, 2.45) is 5.73 Å². The highest BCUT2D eigenvalue weighted by molar-refractivity contribution is 6.30. The first-order valence-electron chi connectivity index (χ1n) is 7.97. The summed E-state index contributed by atoms with van der Waals surface area (Å²) in [5.41, 5.74) is 5.28. The second-order valence-electron chi connectivity index (χ2n) is 5.81. The molecule has 0 saturated carbocycles. The van der Waals surface area contributed by atoms with Crippen LogP contribution in [0.5, 0.6) is 11.6 Å². The largest absolute Gasteiger partial charge is 0.481 e. The van der Waals surface area contributed by atoms with Crippen molar-refractivity contribution >= 4 is 30.0 Å². The number of nitrogens with zero attached hydrogens (tertiary/aromatic N) is 5. The summed E-state index contributed by atoms with van der Waals surface area (Å²) < 4.78 is 47.5. The van der Waals surface area contributed by atoms with Crippen molar-refractivity contribution in [3.05, 3.63) is 46.9 Å². The van der Waals surface area contributed by atoms with Crippen LogP contribution in [-0.2, 0) is 11.3 Å². The lowest BCUT2D eigenvalue weighted by atomic mass is 10.2. The number of carbonyl (C=O) groups is 1. The summed E-state index contributed by atoms with van der Waals surface area (Å²) in [5.74, 6) is -6.29. The molecule has 0 radical (unpaired) electrons. The Morgan fingerprint density at radius 1 is 1.30 bits per heavy atom. The van der Waals surface area contributed by atoms with Gasteiger partial charge in [-0.1, -0.05) is 11.6 Å². The molecule has 0 fully saturated rings. The summed E-state index contributed by atoms with van der Waals surface area (Å²) in [4.78, 5) is 15.2. The van der Waals surface area contributed by atoms with E-state index in [1.165, 1.54) is 0 Å². The highest BCUT2D eigenvalue weighted by Crippen LogP contribution is 2.31. The smallest absolute Gasteiger partial charge is 0.304 e. The molecule has 0 amide bonds. The lowest BCUT2D eigenvalue weighted by Gasteiger charge is -2.09. The van der Waals surface area contributed by atoms with Crippen molar-refractivity contribution in [2.45, 2.75) is 19.0 Å². The predicted octanol–water partition coefficient (Wildman–Crippen LogP) is 2.82. The number of carboxylic acids is 1. The van der Waals surface area contributed by atoms with E-state index in [4.69, 9.17) is 27.2 Å². The molecule has 0 aliphatic heterocycles. The minimum absolute atomic E-state index is 0. The van der Waals surface area contributed by atoms with E-state index in [1.54, 1.807) is 0 Å². The third kappa shape index (κ3) is 5.34. The van der Waals surface area contributed by atoms with Gasteiger partial charge in [-0.05, 0) is 23.4 Å². The normalized spacial score (nSPS) is 11.6. The molecule has 0 aliphatic rings. The molecule has 1 aromatic carbocycles. The molecule has 3 aromatic rings. The van der Waals surface area contributed by atoms with E-state index in [9.17, 15) is 18.0 Å². The number of rotatable bonds is 7. The van der Waals surface area contributed by atoms with Gasteiger partial charge in [-0.3, -0.25) is 4.79 Å². The van der Waals surface area contributed by atoms with Gasteiger partial charge in [0.05, 0.1) is 23.6 Å². The predicted molar refractivity (Wildman–Crippen MR) is 99.9 cm³/mol. The fourth-order valence-electron chi connectivity index (χ4n) is 2.29. The maximum Gasteiger partial charge on any atom is 0.304 e. The molecule has 0 saturated heterocycles. The Hall–Kier alpha value is -2.96. The SMILES string of the molecule is Cl.NC(CC(=O)O)Cn1nnc(-c2ccc(Oc3ncc(Cl)cc3F)c(F)c2F)n1. The van der Waals surface area contributed by atoms with E-state index in [2.05, 4.69) is 20.4 Å². The molecule has 9 nitrogen and oxygen atoms in total. The van der Waals surface area contributed by atoms with Crippen LogP contribution in [0, 0.1) is 17.5 Å². The van der Waals surface area contributed by atoms with Crippen LogP contribution in [0.4, 0.5) is 13.2 Å². The van der Waals surface area contributed by atoms with Gasteiger partial charge >= 0.3 is 5.97 Å². The molecule has 3 N–H and O–H groups in total. The summed E-state index contributed by atoms with van der Waals surface area (Å²) in [5, 5.41) is 19.8. The van der Waals surface area contributed by atoms with Gasteiger partial charge < -0.3 is 15.6 Å². The van der Waals surface area contributed by atoms with Gasteiger partial charge in [-0.15, -0.1) is 22.6 Å². The van der Waals surface area contributed by atoms with Gasteiger partial charge in [-0.2, -0.15) is 9.19 Å². The number of hydrogen-bond acceptors (Lipinski definition) is 7. The summed E-state index contributed by atoms with van der Waals surface area (Å²) in [6.45, 7) is -0.0912. The Bertz CT molecular complexity index is 1070. The van der Waals surface area contributed by atoms with E-state index in [0.717, 1.165) is 29.2 Å². The summed E-state index contributed by atoms with van der Waals surface area (Å²) in [6.07, 6.45) is 0.751. The zero-order valence-electron chi connectivity index (χ0n) is 14.8. The Morgan fingerprint density at radius 2 is 2.03 bits per heavy atom. The van der Waals surface area contributed by atoms with Gasteiger partial charge in [0.25, 0.3) is 5.88 Å². The first kappa shape index (κ1) is 23.3. The molecule has 0 bridgehead atoms. The maximum absolute atomic E-state index is 14.4. The van der Waals surface area contributed by atoms with Crippen molar-refractivity contribution in [1.29, 1.82) is 0 Å². The Morgan fingerprint density at radius 3 is 2.70 bits per heavy atom. The number of pyridine rings is 1. The van der Waals surface area contributed by atoms with Gasteiger partial charge in [-0.25, -0.2) is 13.8 Å². The van der Waals surface area contributed by atoms with E-state index < -0.39 is 41.1 Å². The highest BCUT2D eigenvalue weighted by atomic mass is 35.5. The zero-order valence-corrected chi connectivity index (χ0v) is 16.4. The topological polar surface area (TPSA) is 129 Å². The van der Waals surface area contributed by atoms with E-state index >= 15 is 0 Å². The quantitative estimate of drug-likeness (QED) is 0.545. The van der Waals surface area contributed by atoms with Gasteiger partial charge in [0.1, 0.15) is 0 Å². The standard InChI is InChI=1S/C16H12ClF3N6O3.ClH/c17-7-3-10(18)16(22-5-7)29-11-2-1-9(13(19)14(11)20)15-23-25-26(24-15)6-8(21)4-12(27)28;/h1-3,5,8H,4,6,21H2,(H,27,28);1H. The summed E-state index contributed by atoms with van der Waals surface area (Å²) in [7, 11) is 0. The van der Waals surface area contributed by atoms with Crippen molar-refractivity contribution in [3.8, 4) is 23.0 Å². The zero-order chi connectivity index (χ0) is 21.1. The first-order valence-corrected chi connectivity index (χ1v) is 8.35. The molecule has 14 heteroatoms. The monoisotopic (exact) mass is 464 g/mol. The lowest BCUT2D eigenvalue weighted by Crippen LogP contribution is -2.30. The van der Waals surface area contributed by atoms with Crippen LogP contribution < -0.4 is 10.5 Å². The van der Waals surface area contributed by atoms with Crippen LogP contribution in [0.15, 0.2) is 24.4 Å². The van der Waals surface area contributed by atoms with Gasteiger partial charge in [0.2, 0.25) is 11.6 Å². The average molecular weight is 465 g/mol. The molecule has 0 aliphatic carbocycles. The number of carboxylic acid groups (broad SMARTS) is 1. The highest BCUT2D eigenvalue weighted by Gasteiger charge is 2.21. The molecule has 1 unspecified atom stereocenters.